The highest BCUT2D eigenvalue weighted by atomic mass is 32.1. The summed E-state index contributed by atoms with van der Waals surface area (Å²) >= 11 is 1.60. The molecule has 2 heterocycles. The van der Waals surface area contributed by atoms with Crippen molar-refractivity contribution in [2.45, 2.75) is 20.5 Å². The quantitative estimate of drug-likeness (QED) is 0.677. The van der Waals surface area contributed by atoms with Crippen LogP contribution in [-0.4, -0.2) is 59.6 Å². The molecule has 29 heavy (non-hydrogen) atoms. The molecular weight excluding hydrogens is 390 g/mol. The van der Waals surface area contributed by atoms with Crippen LogP contribution in [-0.2, 0) is 16.1 Å². The predicted molar refractivity (Wildman–Crippen MR) is 112 cm³/mol. The summed E-state index contributed by atoms with van der Waals surface area (Å²) in [4.78, 5) is 31.8. The summed E-state index contributed by atoms with van der Waals surface area (Å²) in [6.45, 7) is 6.53. The van der Waals surface area contributed by atoms with Crippen molar-refractivity contribution in [1.29, 1.82) is 0 Å². The van der Waals surface area contributed by atoms with Crippen LogP contribution in [0.15, 0.2) is 35.7 Å². The number of carbonyl (C=O) groups excluding carboxylic acids is 2. The van der Waals surface area contributed by atoms with Gasteiger partial charge in [-0.2, -0.15) is 0 Å². The second kappa shape index (κ2) is 10.1. The van der Waals surface area contributed by atoms with Gasteiger partial charge in [-0.1, -0.05) is 12.1 Å². The molecule has 0 atom stereocenters. The van der Waals surface area contributed by atoms with Gasteiger partial charge in [0.05, 0.1) is 17.3 Å². The van der Waals surface area contributed by atoms with Gasteiger partial charge in [0.15, 0.2) is 0 Å². The van der Waals surface area contributed by atoms with Crippen molar-refractivity contribution < 1.29 is 19.1 Å². The molecule has 2 amide bonds. The maximum absolute atomic E-state index is 12.4. The zero-order chi connectivity index (χ0) is 20.6. The van der Waals surface area contributed by atoms with Crippen LogP contribution in [0, 0.1) is 6.92 Å². The van der Waals surface area contributed by atoms with Crippen molar-refractivity contribution in [3.63, 3.8) is 0 Å². The Morgan fingerprint density at radius 2 is 1.83 bits per heavy atom. The van der Waals surface area contributed by atoms with E-state index in [0.717, 1.165) is 22.0 Å². The molecule has 1 aliphatic rings. The summed E-state index contributed by atoms with van der Waals surface area (Å²) in [5.41, 5.74) is 1.84. The lowest BCUT2D eigenvalue weighted by Crippen LogP contribution is -2.50. The summed E-state index contributed by atoms with van der Waals surface area (Å²) in [6.07, 6.45) is 3.03. The van der Waals surface area contributed by atoms with E-state index in [4.69, 9.17) is 9.47 Å². The summed E-state index contributed by atoms with van der Waals surface area (Å²) in [5, 5.41) is 3.01. The second-order valence-corrected chi connectivity index (χ2v) is 7.62. The summed E-state index contributed by atoms with van der Waals surface area (Å²) in [7, 11) is 0. The number of amides is 2. The Kier molecular flexibility index (Phi) is 7.24. The van der Waals surface area contributed by atoms with Gasteiger partial charge in [0.2, 0.25) is 5.91 Å². The smallest absolute Gasteiger partial charge is 0.409 e. The van der Waals surface area contributed by atoms with Crippen LogP contribution in [0.3, 0.4) is 0 Å². The lowest BCUT2D eigenvalue weighted by Gasteiger charge is -2.33. The van der Waals surface area contributed by atoms with E-state index >= 15 is 0 Å². The summed E-state index contributed by atoms with van der Waals surface area (Å²) < 4.78 is 10.7. The van der Waals surface area contributed by atoms with E-state index in [1.54, 1.807) is 40.2 Å². The van der Waals surface area contributed by atoms with E-state index in [1.165, 1.54) is 0 Å². The molecule has 1 aliphatic heterocycles. The van der Waals surface area contributed by atoms with Crippen LogP contribution in [0.5, 0.6) is 5.75 Å². The Balaban J connectivity index is 1.46. The minimum atomic E-state index is -0.317. The third-order valence-corrected chi connectivity index (χ3v) is 5.29. The maximum Gasteiger partial charge on any atom is 0.409 e. The minimum Gasteiger partial charge on any atom is -0.487 e. The zero-order valence-corrected chi connectivity index (χ0v) is 17.5. The lowest BCUT2D eigenvalue weighted by molar-refractivity contribution is -0.127. The maximum atomic E-state index is 12.4. The van der Waals surface area contributed by atoms with Gasteiger partial charge >= 0.3 is 6.09 Å². The molecule has 8 heteroatoms. The summed E-state index contributed by atoms with van der Waals surface area (Å²) in [5.74, 6) is 0.696. The predicted octanol–water partition coefficient (Wildman–Crippen LogP) is 3.34. The monoisotopic (exact) mass is 415 g/mol. The van der Waals surface area contributed by atoms with Crippen molar-refractivity contribution in [2.75, 3.05) is 32.8 Å². The number of thiazole rings is 1. The van der Waals surface area contributed by atoms with Crippen molar-refractivity contribution in [3.05, 3.63) is 52.0 Å². The van der Waals surface area contributed by atoms with Crippen LogP contribution in [0.1, 0.15) is 23.2 Å². The van der Waals surface area contributed by atoms with E-state index in [-0.39, 0.29) is 12.0 Å². The Labute approximate surface area is 174 Å². The Morgan fingerprint density at radius 3 is 2.45 bits per heavy atom. The number of piperazine rings is 1. The number of carbonyl (C=O) groups is 2. The van der Waals surface area contributed by atoms with E-state index < -0.39 is 0 Å². The zero-order valence-electron chi connectivity index (χ0n) is 16.7. The average molecular weight is 416 g/mol. The second-order valence-electron chi connectivity index (χ2n) is 6.56. The molecular formula is C21H25N3O4S. The molecule has 0 saturated carbocycles. The Hall–Kier alpha value is -2.87. The molecule has 1 fully saturated rings. The molecule has 154 valence electrons. The van der Waals surface area contributed by atoms with Gasteiger partial charge < -0.3 is 19.3 Å². The van der Waals surface area contributed by atoms with E-state index in [9.17, 15) is 9.59 Å². The van der Waals surface area contributed by atoms with Gasteiger partial charge in [-0.15, -0.1) is 11.3 Å². The molecule has 1 aromatic heterocycles. The van der Waals surface area contributed by atoms with Crippen molar-refractivity contribution >= 4 is 29.4 Å². The fourth-order valence-electron chi connectivity index (χ4n) is 2.90. The van der Waals surface area contributed by atoms with Crippen molar-refractivity contribution in [3.8, 4) is 5.75 Å². The van der Waals surface area contributed by atoms with Gasteiger partial charge in [0.1, 0.15) is 12.4 Å². The summed E-state index contributed by atoms with van der Waals surface area (Å²) in [6, 6.07) is 7.57. The number of hydrogen-bond donors (Lipinski definition) is 0. The molecule has 0 aliphatic carbocycles. The molecule has 1 saturated heterocycles. The SMILES string of the molecule is CCOC(=O)N1CCN(C(=O)/C=C/c2ccc(OCc3csc(C)n3)cc2)CC1. The van der Waals surface area contributed by atoms with Gasteiger partial charge in [0, 0.05) is 37.6 Å². The van der Waals surface area contributed by atoms with Gasteiger partial charge in [-0.3, -0.25) is 4.79 Å². The highest BCUT2D eigenvalue weighted by Gasteiger charge is 2.23. The number of hydrogen-bond acceptors (Lipinski definition) is 6. The third-order valence-electron chi connectivity index (χ3n) is 4.47. The van der Waals surface area contributed by atoms with Crippen LogP contribution in [0.4, 0.5) is 4.79 Å². The van der Waals surface area contributed by atoms with Crippen LogP contribution in [0.25, 0.3) is 6.08 Å². The molecule has 2 aromatic rings. The lowest BCUT2D eigenvalue weighted by atomic mass is 10.2. The topological polar surface area (TPSA) is 72.0 Å². The Morgan fingerprint density at radius 1 is 1.14 bits per heavy atom. The number of nitrogens with zero attached hydrogens (tertiary/aromatic N) is 3. The Bertz CT molecular complexity index is 855. The van der Waals surface area contributed by atoms with Gasteiger partial charge in [-0.25, -0.2) is 9.78 Å². The van der Waals surface area contributed by atoms with E-state index in [1.807, 2.05) is 36.6 Å². The van der Waals surface area contributed by atoms with Crippen molar-refractivity contribution in [2.24, 2.45) is 0 Å². The van der Waals surface area contributed by atoms with Crippen LogP contribution < -0.4 is 4.74 Å². The van der Waals surface area contributed by atoms with Crippen LogP contribution >= 0.6 is 11.3 Å². The van der Waals surface area contributed by atoms with Gasteiger partial charge in [-0.05, 0) is 37.6 Å². The largest absolute Gasteiger partial charge is 0.487 e. The highest BCUT2D eigenvalue weighted by Crippen LogP contribution is 2.16. The molecule has 0 spiro atoms. The first-order valence-electron chi connectivity index (χ1n) is 9.57. The molecule has 7 nitrogen and oxygen atoms in total. The molecule has 0 unspecified atom stereocenters. The third kappa shape index (κ3) is 6.05. The number of ether oxygens (including phenoxy) is 2. The fraction of sp³-hybridized carbons (Fsp3) is 0.381. The number of aryl methyl sites for hydroxylation is 1. The van der Waals surface area contributed by atoms with Gasteiger partial charge in [0.25, 0.3) is 0 Å². The minimum absolute atomic E-state index is 0.0623. The molecule has 0 bridgehead atoms. The number of rotatable bonds is 6. The first kappa shape index (κ1) is 20.9. The highest BCUT2D eigenvalue weighted by molar-refractivity contribution is 7.09. The molecule has 1 aromatic carbocycles. The first-order valence-corrected chi connectivity index (χ1v) is 10.5. The van der Waals surface area contributed by atoms with E-state index in [0.29, 0.717) is 39.4 Å². The van der Waals surface area contributed by atoms with E-state index in [2.05, 4.69) is 4.98 Å². The molecule has 0 N–H and O–H groups in total. The fourth-order valence-corrected chi connectivity index (χ4v) is 3.50. The normalized spacial score (nSPS) is 14.3. The molecule has 0 radical (unpaired) electrons. The first-order chi connectivity index (χ1) is 14.0. The average Bonchev–Trinajstić information content (AvgIpc) is 3.16. The van der Waals surface area contributed by atoms with Crippen molar-refractivity contribution in [1.82, 2.24) is 14.8 Å². The number of aromatic nitrogens is 1. The molecule has 3 rings (SSSR count). The number of benzene rings is 1. The standard InChI is InChI=1S/C21H25N3O4S/c1-3-27-21(26)24-12-10-23(11-13-24)20(25)9-6-17-4-7-19(8-5-17)28-14-18-15-29-16(2)22-18/h4-9,15H,3,10-14H2,1-2H3/b9-6+. The van der Waals surface area contributed by atoms with Crippen LogP contribution in [0.2, 0.25) is 0 Å².